The first-order valence-electron chi connectivity index (χ1n) is 6.69. The van der Waals surface area contributed by atoms with Gasteiger partial charge >= 0.3 is 6.03 Å². The molecule has 5 heteroatoms. The van der Waals surface area contributed by atoms with Crippen LogP contribution in [0.2, 0.25) is 0 Å². The van der Waals surface area contributed by atoms with Gasteiger partial charge < -0.3 is 10.6 Å². The number of hydrogen-bond donors (Lipinski definition) is 2. The van der Waals surface area contributed by atoms with E-state index in [2.05, 4.69) is 31.4 Å². The molecule has 0 aliphatic carbocycles. The Hall–Kier alpha value is -1.10. The molecule has 5 nitrogen and oxygen atoms in total. The van der Waals surface area contributed by atoms with Crippen molar-refractivity contribution in [1.29, 1.82) is 0 Å². The summed E-state index contributed by atoms with van der Waals surface area (Å²) >= 11 is 0. The molecule has 2 aliphatic heterocycles. The summed E-state index contributed by atoms with van der Waals surface area (Å²) in [5, 5.41) is 6.08. The Labute approximate surface area is 108 Å². The number of urea groups is 1. The van der Waals surface area contributed by atoms with E-state index >= 15 is 0 Å². The third-order valence-electron chi connectivity index (χ3n) is 3.72. The van der Waals surface area contributed by atoms with Crippen LogP contribution < -0.4 is 10.6 Å². The van der Waals surface area contributed by atoms with E-state index in [1.165, 1.54) is 4.90 Å². The molecule has 3 amide bonds. The van der Waals surface area contributed by atoms with Gasteiger partial charge in [-0.25, -0.2) is 4.79 Å². The van der Waals surface area contributed by atoms with Gasteiger partial charge in [0.2, 0.25) is 0 Å². The largest absolute Gasteiger partial charge is 0.325 e. The van der Waals surface area contributed by atoms with E-state index in [9.17, 15) is 9.59 Å². The molecular formula is C13H23N3O2. The molecule has 0 radical (unpaired) electrons. The van der Waals surface area contributed by atoms with Gasteiger partial charge in [0.05, 0.1) is 0 Å². The Morgan fingerprint density at radius 2 is 2.06 bits per heavy atom. The number of rotatable bonds is 2. The second kappa shape index (κ2) is 4.53. The molecule has 0 aromatic carbocycles. The smallest absolute Gasteiger partial charge is 0.322 e. The minimum atomic E-state index is -0.673. The van der Waals surface area contributed by atoms with Crippen molar-refractivity contribution >= 4 is 11.9 Å². The third-order valence-corrected chi connectivity index (χ3v) is 3.72. The lowest BCUT2D eigenvalue weighted by Gasteiger charge is -2.31. The average molecular weight is 253 g/mol. The highest BCUT2D eigenvalue weighted by molar-refractivity contribution is 6.07. The maximum Gasteiger partial charge on any atom is 0.325 e. The Morgan fingerprint density at radius 3 is 2.61 bits per heavy atom. The van der Waals surface area contributed by atoms with Gasteiger partial charge in [-0.15, -0.1) is 0 Å². The normalized spacial score (nSPS) is 28.9. The van der Waals surface area contributed by atoms with Crippen molar-refractivity contribution in [3.63, 3.8) is 0 Å². The van der Waals surface area contributed by atoms with Crippen LogP contribution in [0.3, 0.4) is 0 Å². The van der Waals surface area contributed by atoms with E-state index in [0.717, 1.165) is 25.8 Å². The quantitative estimate of drug-likeness (QED) is 0.724. The van der Waals surface area contributed by atoms with E-state index in [1.807, 2.05) is 0 Å². The lowest BCUT2D eigenvalue weighted by molar-refractivity contribution is -0.132. The number of carbonyl (C=O) groups is 2. The first-order valence-corrected chi connectivity index (χ1v) is 6.69. The van der Waals surface area contributed by atoms with Gasteiger partial charge in [-0.3, -0.25) is 9.69 Å². The first-order chi connectivity index (χ1) is 8.34. The lowest BCUT2D eigenvalue weighted by atomic mass is 9.89. The third kappa shape index (κ3) is 2.51. The van der Waals surface area contributed by atoms with Crippen LogP contribution in [0.1, 0.15) is 40.0 Å². The summed E-state index contributed by atoms with van der Waals surface area (Å²) < 4.78 is 0. The summed E-state index contributed by atoms with van der Waals surface area (Å²) in [6.45, 7) is 8.34. The van der Waals surface area contributed by atoms with E-state index in [-0.39, 0.29) is 17.4 Å². The molecule has 2 heterocycles. The van der Waals surface area contributed by atoms with Crippen LogP contribution in [-0.4, -0.2) is 42.0 Å². The van der Waals surface area contributed by atoms with Crippen LogP contribution in [0, 0.1) is 5.41 Å². The number of carbonyl (C=O) groups excluding carboxylic acids is 2. The molecule has 0 aromatic heterocycles. The highest BCUT2D eigenvalue weighted by Crippen LogP contribution is 2.27. The molecule has 2 fully saturated rings. The molecule has 2 N–H and O–H groups in total. The van der Waals surface area contributed by atoms with Crippen LogP contribution in [0.4, 0.5) is 4.79 Å². The van der Waals surface area contributed by atoms with Crippen molar-refractivity contribution in [2.45, 2.75) is 45.6 Å². The standard InChI is InChI=1S/C13H23N3O2/c1-12(2,3)6-8-16-10(17)13(15-11(16)18)5-4-7-14-9-13/h14H,4-9H2,1-3H3,(H,15,18). The Balaban J connectivity index is 2.05. The fourth-order valence-corrected chi connectivity index (χ4v) is 2.52. The topological polar surface area (TPSA) is 61.4 Å². The predicted molar refractivity (Wildman–Crippen MR) is 69.2 cm³/mol. The zero-order valence-corrected chi connectivity index (χ0v) is 11.5. The summed E-state index contributed by atoms with van der Waals surface area (Å²) in [5.74, 6) is -0.0519. The maximum absolute atomic E-state index is 12.4. The molecule has 0 bridgehead atoms. The lowest BCUT2D eigenvalue weighted by Crippen LogP contribution is -2.57. The molecule has 2 saturated heterocycles. The number of amides is 3. The first kappa shape index (κ1) is 13.3. The van der Waals surface area contributed by atoms with Crippen molar-refractivity contribution in [2.75, 3.05) is 19.6 Å². The van der Waals surface area contributed by atoms with E-state index in [4.69, 9.17) is 0 Å². The minimum absolute atomic E-state index is 0.0519. The summed E-state index contributed by atoms with van der Waals surface area (Å²) in [7, 11) is 0. The van der Waals surface area contributed by atoms with Gasteiger partial charge in [-0.2, -0.15) is 0 Å². The van der Waals surface area contributed by atoms with Gasteiger partial charge in [-0.1, -0.05) is 20.8 Å². The second-order valence-electron chi connectivity index (χ2n) is 6.56. The van der Waals surface area contributed by atoms with E-state index in [0.29, 0.717) is 13.1 Å². The van der Waals surface area contributed by atoms with Crippen LogP contribution in [0.5, 0.6) is 0 Å². The summed E-state index contributed by atoms with van der Waals surface area (Å²) in [6.07, 6.45) is 2.51. The monoisotopic (exact) mass is 253 g/mol. The molecule has 1 unspecified atom stereocenters. The molecule has 1 spiro atoms. The highest BCUT2D eigenvalue weighted by Gasteiger charge is 2.51. The van der Waals surface area contributed by atoms with Gasteiger partial charge in [0.1, 0.15) is 5.54 Å². The van der Waals surface area contributed by atoms with Crippen molar-refractivity contribution in [1.82, 2.24) is 15.5 Å². The summed E-state index contributed by atoms with van der Waals surface area (Å²) in [6, 6.07) is -0.229. The van der Waals surface area contributed by atoms with Crippen LogP contribution in [-0.2, 0) is 4.79 Å². The molecule has 0 saturated carbocycles. The molecule has 2 rings (SSSR count). The molecule has 2 aliphatic rings. The van der Waals surface area contributed by atoms with Crippen LogP contribution in [0.15, 0.2) is 0 Å². The molecule has 102 valence electrons. The number of piperidine rings is 1. The van der Waals surface area contributed by atoms with E-state index in [1.54, 1.807) is 0 Å². The maximum atomic E-state index is 12.4. The fourth-order valence-electron chi connectivity index (χ4n) is 2.52. The van der Waals surface area contributed by atoms with E-state index < -0.39 is 5.54 Å². The zero-order valence-electron chi connectivity index (χ0n) is 11.5. The van der Waals surface area contributed by atoms with Crippen molar-refractivity contribution in [2.24, 2.45) is 5.41 Å². The number of nitrogens with zero attached hydrogens (tertiary/aromatic N) is 1. The molecular weight excluding hydrogens is 230 g/mol. The summed E-state index contributed by atoms with van der Waals surface area (Å²) in [4.78, 5) is 25.7. The highest BCUT2D eigenvalue weighted by atomic mass is 16.2. The van der Waals surface area contributed by atoms with Crippen molar-refractivity contribution in [3.8, 4) is 0 Å². The Bertz CT molecular complexity index is 354. The second-order valence-corrected chi connectivity index (χ2v) is 6.56. The van der Waals surface area contributed by atoms with Crippen LogP contribution in [0.25, 0.3) is 0 Å². The van der Waals surface area contributed by atoms with Gasteiger partial charge in [-0.05, 0) is 31.2 Å². The van der Waals surface area contributed by atoms with Gasteiger partial charge in [0.15, 0.2) is 0 Å². The number of nitrogens with one attached hydrogen (secondary N) is 2. The average Bonchev–Trinajstić information content (AvgIpc) is 2.49. The van der Waals surface area contributed by atoms with Crippen molar-refractivity contribution < 1.29 is 9.59 Å². The zero-order chi connectivity index (χ0) is 13.4. The molecule has 1 atom stereocenters. The number of hydrogen-bond acceptors (Lipinski definition) is 3. The SMILES string of the molecule is CC(C)(C)CCN1C(=O)NC2(CCCNC2)C1=O. The fraction of sp³-hybridized carbons (Fsp3) is 0.846. The van der Waals surface area contributed by atoms with Gasteiger partial charge in [0, 0.05) is 13.1 Å². The summed E-state index contributed by atoms with van der Waals surface area (Å²) in [5.41, 5.74) is -0.547. The number of imide groups is 1. The minimum Gasteiger partial charge on any atom is -0.322 e. The Morgan fingerprint density at radius 1 is 1.33 bits per heavy atom. The molecule has 18 heavy (non-hydrogen) atoms. The Kier molecular flexibility index (Phi) is 3.36. The van der Waals surface area contributed by atoms with Crippen molar-refractivity contribution in [3.05, 3.63) is 0 Å². The van der Waals surface area contributed by atoms with Crippen LogP contribution >= 0.6 is 0 Å². The predicted octanol–water partition coefficient (Wildman–Crippen LogP) is 1.10. The molecule has 0 aromatic rings. The van der Waals surface area contributed by atoms with Gasteiger partial charge in [0.25, 0.3) is 5.91 Å².